The summed E-state index contributed by atoms with van der Waals surface area (Å²) in [6.45, 7) is 21.8. The normalized spacial score (nSPS) is 13.6. The number of rotatable bonds is 5. The van der Waals surface area contributed by atoms with E-state index in [1.165, 1.54) is 71.0 Å². The number of fused-ring (bicyclic) bond motifs is 8. The van der Waals surface area contributed by atoms with Crippen molar-refractivity contribution >= 4 is 110 Å². The Morgan fingerprint density at radius 2 is 0.754 bits per heavy atom. The highest BCUT2D eigenvalue weighted by Gasteiger charge is 2.32. The third kappa shape index (κ3) is 6.62. The van der Waals surface area contributed by atoms with E-state index in [0.717, 1.165) is 28.4 Å². The molecule has 0 amide bonds. The van der Waals surface area contributed by atoms with Gasteiger partial charge >= 0.3 is 0 Å². The van der Waals surface area contributed by atoms with Gasteiger partial charge in [0.15, 0.2) is 0 Å². The van der Waals surface area contributed by atoms with Crippen LogP contribution in [0.15, 0.2) is 170 Å². The first kappa shape index (κ1) is 39.0. The Balaban J connectivity index is 1.43. The molecular weight excluding hydrogens is 771 g/mol. The number of nitrogens with zero attached hydrogens (tertiary/aromatic N) is 3. The summed E-state index contributed by atoms with van der Waals surface area (Å²) in [4.78, 5) is 7.60. The Hall–Kier alpha value is -6.15. The zero-order chi connectivity index (χ0) is 42.4. The number of anilines is 9. The van der Waals surface area contributed by atoms with Gasteiger partial charge in [-0.3, -0.25) is 0 Å². The van der Waals surface area contributed by atoms with E-state index < -0.39 is 16.1 Å². The van der Waals surface area contributed by atoms with Crippen LogP contribution < -0.4 is 25.1 Å². The zero-order valence-electron chi connectivity index (χ0n) is 37.0. The van der Waals surface area contributed by atoms with Crippen LogP contribution in [0.5, 0.6) is 0 Å². The third-order valence-electron chi connectivity index (χ3n) is 12.6. The first-order chi connectivity index (χ1) is 29.2. The molecule has 6 bridgehead atoms. The van der Waals surface area contributed by atoms with Crippen LogP contribution in [-0.2, 0) is 5.41 Å². The molecule has 5 heteroatoms. The van der Waals surface area contributed by atoms with Gasteiger partial charge in [0.25, 0.3) is 0 Å². The molecule has 9 aromatic rings. The first-order valence-corrected chi connectivity index (χ1v) is 28.8. The van der Waals surface area contributed by atoms with E-state index in [1.807, 2.05) is 0 Å². The fourth-order valence-electron chi connectivity index (χ4n) is 9.67. The van der Waals surface area contributed by atoms with Gasteiger partial charge in [-0.1, -0.05) is 163 Å². The van der Waals surface area contributed by atoms with Crippen LogP contribution in [0, 0.1) is 0 Å². The monoisotopic (exact) mass is 825 g/mol. The number of para-hydroxylation sites is 3. The van der Waals surface area contributed by atoms with E-state index >= 15 is 0 Å². The van der Waals surface area contributed by atoms with Crippen molar-refractivity contribution in [3.8, 4) is 0 Å². The average Bonchev–Trinajstić information content (AvgIpc) is 3.23. The van der Waals surface area contributed by atoms with E-state index in [4.69, 9.17) is 0 Å². The van der Waals surface area contributed by atoms with Crippen molar-refractivity contribution in [2.45, 2.75) is 65.5 Å². The minimum absolute atomic E-state index is 0.0207. The molecule has 1 aliphatic rings. The van der Waals surface area contributed by atoms with Gasteiger partial charge < -0.3 is 14.7 Å². The summed E-state index contributed by atoms with van der Waals surface area (Å²) in [7, 11) is -3.73. The zero-order valence-corrected chi connectivity index (χ0v) is 39.0. The van der Waals surface area contributed by atoms with Crippen molar-refractivity contribution in [2.75, 3.05) is 14.7 Å². The maximum atomic E-state index is 2.59. The van der Waals surface area contributed by atoms with Crippen LogP contribution in [0.25, 0.3) is 32.3 Å². The molecule has 3 nitrogen and oxygen atoms in total. The smallest absolute Gasteiger partial charge is 0.0803 e. The van der Waals surface area contributed by atoms with Gasteiger partial charge in [-0.05, 0) is 104 Å². The van der Waals surface area contributed by atoms with Gasteiger partial charge in [0, 0.05) is 56.0 Å². The Kier molecular flexibility index (Phi) is 9.10. The Morgan fingerprint density at radius 1 is 0.344 bits per heavy atom. The quantitative estimate of drug-likeness (QED) is 0.126. The molecule has 10 rings (SSSR count). The van der Waals surface area contributed by atoms with Crippen LogP contribution in [0.4, 0.5) is 51.2 Å². The second-order valence-electron chi connectivity index (χ2n) is 20.0. The molecule has 0 unspecified atom stereocenters. The number of benzene rings is 9. The van der Waals surface area contributed by atoms with Gasteiger partial charge in [-0.15, -0.1) is 0 Å². The van der Waals surface area contributed by atoms with Crippen molar-refractivity contribution in [2.24, 2.45) is 0 Å². The molecular formula is C56H55N3Si2. The van der Waals surface area contributed by atoms with Gasteiger partial charge in [0.1, 0.15) is 0 Å². The van der Waals surface area contributed by atoms with Crippen molar-refractivity contribution < 1.29 is 0 Å². The SMILES string of the molecule is CC(C)(C)c1cc2ccc3c4cc(c5ccc(c1)c2c35)N(c1ccccc1[Si](C)(C)C)c1cccc(c1)N(c1ccccc1)c1cccc(c1)N4c1ccccc1[Si](C)(C)C. The van der Waals surface area contributed by atoms with Gasteiger partial charge in [-0.25, -0.2) is 0 Å². The highest BCUT2D eigenvalue weighted by molar-refractivity contribution is 6.90. The molecule has 61 heavy (non-hydrogen) atoms. The van der Waals surface area contributed by atoms with Crippen molar-refractivity contribution in [3.05, 3.63) is 175 Å². The highest BCUT2D eigenvalue weighted by atomic mass is 28.3. The molecule has 0 spiro atoms. The summed E-state index contributed by atoms with van der Waals surface area (Å²) < 4.78 is 0. The molecule has 0 radical (unpaired) electrons. The van der Waals surface area contributed by atoms with Gasteiger partial charge in [0.2, 0.25) is 0 Å². The van der Waals surface area contributed by atoms with Gasteiger partial charge in [0.05, 0.1) is 27.5 Å². The summed E-state index contributed by atoms with van der Waals surface area (Å²) in [6.07, 6.45) is 0. The molecule has 0 N–H and O–H groups in total. The summed E-state index contributed by atoms with van der Waals surface area (Å²) in [5, 5.41) is 10.6. The minimum Gasteiger partial charge on any atom is -0.310 e. The largest absolute Gasteiger partial charge is 0.310 e. The molecule has 0 fully saturated rings. The minimum atomic E-state index is -1.87. The molecule has 0 saturated heterocycles. The Labute approximate surface area is 363 Å². The topological polar surface area (TPSA) is 9.72 Å². The molecule has 1 aliphatic heterocycles. The predicted molar refractivity (Wildman–Crippen MR) is 272 cm³/mol. The lowest BCUT2D eigenvalue weighted by Crippen LogP contribution is -2.40. The maximum absolute atomic E-state index is 2.59. The van der Waals surface area contributed by atoms with Crippen molar-refractivity contribution in [1.82, 2.24) is 0 Å². The van der Waals surface area contributed by atoms with E-state index in [-0.39, 0.29) is 5.41 Å². The second kappa shape index (κ2) is 14.2. The van der Waals surface area contributed by atoms with E-state index in [1.54, 1.807) is 0 Å². The van der Waals surface area contributed by atoms with Crippen molar-refractivity contribution in [3.63, 3.8) is 0 Å². The molecule has 0 aromatic heterocycles. The van der Waals surface area contributed by atoms with Crippen molar-refractivity contribution in [1.29, 1.82) is 0 Å². The Bertz CT molecular complexity index is 2940. The first-order valence-electron chi connectivity index (χ1n) is 21.8. The van der Waals surface area contributed by atoms with Crippen LogP contribution in [0.2, 0.25) is 39.3 Å². The summed E-state index contributed by atoms with van der Waals surface area (Å²) in [5.41, 5.74) is 11.8. The van der Waals surface area contributed by atoms with Crippen LogP contribution in [-0.4, -0.2) is 16.1 Å². The fraction of sp³-hybridized carbons (Fsp3) is 0.179. The summed E-state index contributed by atoms with van der Waals surface area (Å²) >= 11 is 0. The highest BCUT2D eigenvalue weighted by Crippen LogP contribution is 2.52. The standard InChI is InChI=1S/C56H55N3Si2/c1-56(2,3)40-33-38-29-31-46-50-37-51(47-32-30-39(34-40)54(38)55(46)47)59(49-26-14-16-28-53(49)61(7,8)9)45-24-18-22-43(36-45)57(41-19-11-10-12-20-41)42-21-17-23-44(35-42)58(50)48-25-13-15-27-52(48)60(4,5)6/h10-37H,1-9H3. The maximum Gasteiger partial charge on any atom is 0.0803 e. The Morgan fingerprint density at radius 3 is 1.20 bits per heavy atom. The van der Waals surface area contributed by atoms with E-state index in [0.29, 0.717) is 0 Å². The number of hydrogen-bond donors (Lipinski definition) is 0. The molecule has 302 valence electrons. The van der Waals surface area contributed by atoms with Crippen LogP contribution in [0.1, 0.15) is 26.3 Å². The van der Waals surface area contributed by atoms with Crippen LogP contribution >= 0.6 is 0 Å². The number of hydrogen-bond acceptors (Lipinski definition) is 3. The predicted octanol–water partition coefficient (Wildman–Crippen LogP) is 15.7. The molecule has 1 heterocycles. The van der Waals surface area contributed by atoms with Crippen LogP contribution in [0.3, 0.4) is 0 Å². The second-order valence-corrected chi connectivity index (χ2v) is 30.1. The third-order valence-corrected chi connectivity index (χ3v) is 16.7. The lowest BCUT2D eigenvalue weighted by Gasteiger charge is -2.37. The summed E-state index contributed by atoms with van der Waals surface area (Å²) in [6, 6.07) is 64.6. The average molecular weight is 826 g/mol. The lowest BCUT2D eigenvalue weighted by molar-refractivity contribution is 0.591. The fourth-order valence-corrected chi connectivity index (χ4v) is 12.8. The molecule has 0 aliphatic carbocycles. The molecule has 9 aromatic carbocycles. The van der Waals surface area contributed by atoms with E-state index in [2.05, 4.69) is 245 Å². The van der Waals surface area contributed by atoms with E-state index in [9.17, 15) is 0 Å². The van der Waals surface area contributed by atoms with Gasteiger partial charge in [-0.2, -0.15) is 0 Å². The lowest BCUT2D eigenvalue weighted by atomic mass is 9.83. The molecule has 0 saturated carbocycles. The molecule has 0 atom stereocenters. The summed E-state index contributed by atoms with van der Waals surface area (Å²) in [5.74, 6) is 0.